The van der Waals surface area contributed by atoms with Gasteiger partial charge < -0.3 is 15.5 Å². The van der Waals surface area contributed by atoms with Crippen molar-refractivity contribution in [3.05, 3.63) is 58.6 Å². The van der Waals surface area contributed by atoms with E-state index in [1.54, 1.807) is 12.1 Å². The van der Waals surface area contributed by atoms with Gasteiger partial charge in [0.2, 0.25) is 0 Å². The Labute approximate surface area is 117 Å². The molecule has 100 valence electrons. The molecule has 0 radical (unpaired) electrons. The zero-order valence-electron chi connectivity index (χ0n) is 10.4. The summed E-state index contributed by atoms with van der Waals surface area (Å²) in [6, 6.07) is 12.4. The minimum Gasteiger partial charge on any atom is -0.508 e. The standard InChI is InChI=1S/C15H16ClNO2/c16-13-4-1-11(2-5-13)7-8-17-10-12-3-6-14(18)9-15(12)19/h1-6,9,17-19H,7-8,10H2. The smallest absolute Gasteiger partial charge is 0.123 e. The van der Waals surface area contributed by atoms with Crippen molar-refractivity contribution in [2.45, 2.75) is 13.0 Å². The molecule has 2 rings (SSSR count). The van der Waals surface area contributed by atoms with Crippen LogP contribution in [0.2, 0.25) is 5.02 Å². The molecule has 0 aromatic heterocycles. The number of phenolic OH excluding ortho intramolecular Hbond substituents is 2. The molecule has 0 saturated carbocycles. The zero-order chi connectivity index (χ0) is 13.7. The van der Waals surface area contributed by atoms with Gasteiger partial charge in [0, 0.05) is 23.2 Å². The van der Waals surface area contributed by atoms with Gasteiger partial charge >= 0.3 is 0 Å². The van der Waals surface area contributed by atoms with Gasteiger partial charge in [-0.25, -0.2) is 0 Å². The van der Waals surface area contributed by atoms with Gasteiger partial charge in [-0.3, -0.25) is 0 Å². The first kappa shape index (κ1) is 13.7. The summed E-state index contributed by atoms with van der Waals surface area (Å²) in [7, 11) is 0. The molecule has 4 heteroatoms. The minimum atomic E-state index is 0.0717. The number of nitrogens with one attached hydrogen (secondary N) is 1. The van der Waals surface area contributed by atoms with E-state index in [1.165, 1.54) is 11.6 Å². The van der Waals surface area contributed by atoms with Crippen LogP contribution in [0.4, 0.5) is 0 Å². The molecule has 0 fully saturated rings. The lowest BCUT2D eigenvalue weighted by Gasteiger charge is -2.07. The summed E-state index contributed by atoms with van der Waals surface area (Å²) in [5, 5.41) is 22.8. The molecule has 2 aromatic carbocycles. The molecule has 0 amide bonds. The van der Waals surface area contributed by atoms with E-state index in [4.69, 9.17) is 11.6 Å². The van der Waals surface area contributed by atoms with Gasteiger partial charge in [0.25, 0.3) is 0 Å². The Hall–Kier alpha value is -1.71. The van der Waals surface area contributed by atoms with Crippen LogP contribution in [0.25, 0.3) is 0 Å². The van der Waals surface area contributed by atoms with Crippen LogP contribution in [-0.4, -0.2) is 16.8 Å². The third-order valence-electron chi connectivity index (χ3n) is 2.89. The number of phenols is 2. The van der Waals surface area contributed by atoms with Crippen molar-refractivity contribution in [2.24, 2.45) is 0 Å². The van der Waals surface area contributed by atoms with E-state index in [-0.39, 0.29) is 11.5 Å². The Bertz CT molecular complexity index is 540. The molecular weight excluding hydrogens is 262 g/mol. The van der Waals surface area contributed by atoms with E-state index in [2.05, 4.69) is 5.32 Å². The average Bonchev–Trinajstić information content (AvgIpc) is 2.39. The summed E-state index contributed by atoms with van der Waals surface area (Å²) in [4.78, 5) is 0. The topological polar surface area (TPSA) is 52.5 Å². The van der Waals surface area contributed by atoms with Gasteiger partial charge in [0.15, 0.2) is 0 Å². The van der Waals surface area contributed by atoms with E-state index in [0.717, 1.165) is 23.6 Å². The van der Waals surface area contributed by atoms with Crippen molar-refractivity contribution in [3.8, 4) is 11.5 Å². The van der Waals surface area contributed by atoms with Crippen molar-refractivity contribution in [2.75, 3.05) is 6.54 Å². The van der Waals surface area contributed by atoms with Gasteiger partial charge in [0.05, 0.1) is 0 Å². The van der Waals surface area contributed by atoms with Crippen LogP contribution in [0.3, 0.4) is 0 Å². The molecular formula is C15H16ClNO2. The van der Waals surface area contributed by atoms with Crippen molar-refractivity contribution in [1.82, 2.24) is 5.32 Å². The summed E-state index contributed by atoms with van der Waals surface area (Å²) >= 11 is 5.82. The molecule has 0 bridgehead atoms. The lowest BCUT2D eigenvalue weighted by molar-refractivity contribution is 0.444. The molecule has 0 unspecified atom stereocenters. The third-order valence-corrected chi connectivity index (χ3v) is 3.14. The van der Waals surface area contributed by atoms with Gasteiger partial charge in [-0.05, 0) is 36.7 Å². The SMILES string of the molecule is Oc1ccc(CNCCc2ccc(Cl)cc2)c(O)c1. The molecule has 0 aliphatic rings. The second kappa shape index (κ2) is 6.45. The van der Waals surface area contributed by atoms with E-state index in [9.17, 15) is 10.2 Å². The zero-order valence-corrected chi connectivity index (χ0v) is 11.2. The van der Waals surface area contributed by atoms with Crippen molar-refractivity contribution in [1.29, 1.82) is 0 Å². The van der Waals surface area contributed by atoms with Crippen molar-refractivity contribution < 1.29 is 10.2 Å². The van der Waals surface area contributed by atoms with Crippen LogP contribution in [0.15, 0.2) is 42.5 Å². The number of benzene rings is 2. The molecule has 0 heterocycles. The molecule has 0 saturated heterocycles. The number of aromatic hydroxyl groups is 2. The number of rotatable bonds is 5. The molecule has 0 atom stereocenters. The van der Waals surface area contributed by atoms with Gasteiger partial charge in [-0.15, -0.1) is 0 Å². The summed E-state index contributed by atoms with van der Waals surface area (Å²) in [6.45, 7) is 1.38. The van der Waals surface area contributed by atoms with Gasteiger partial charge in [-0.1, -0.05) is 29.8 Å². The molecule has 0 spiro atoms. The summed E-state index contributed by atoms with van der Waals surface area (Å²) in [5.41, 5.74) is 1.99. The molecule has 0 aliphatic heterocycles. The second-order valence-corrected chi connectivity index (χ2v) is 4.80. The first-order valence-corrected chi connectivity index (χ1v) is 6.49. The maximum Gasteiger partial charge on any atom is 0.123 e. The highest BCUT2D eigenvalue weighted by Crippen LogP contribution is 2.22. The van der Waals surface area contributed by atoms with E-state index < -0.39 is 0 Å². The fourth-order valence-electron chi connectivity index (χ4n) is 1.81. The minimum absolute atomic E-state index is 0.0717. The number of halogens is 1. The van der Waals surface area contributed by atoms with Crippen LogP contribution in [-0.2, 0) is 13.0 Å². The lowest BCUT2D eigenvalue weighted by Crippen LogP contribution is -2.16. The van der Waals surface area contributed by atoms with E-state index in [0.29, 0.717) is 6.54 Å². The van der Waals surface area contributed by atoms with Crippen LogP contribution in [0.1, 0.15) is 11.1 Å². The first-order valence-electron chi connectivity index (χ1n) is 6.11. The van der Waals surface area contributed by atoms with Crippen LogP contribution in [0.5, 0.6) is 11.5 Å². The second-order valence-electron chi connectivity index (χ2n) is 4.37. The molecule has 19 heavy (non-hydrogen) atoms. The number of hydrogen-bond acceptors (Lipinski definition) is 3. The van der Waals surface area contributed by atoms with Crippen molar-refractivity contribution in [3.63, 3.8) is 0 Å². The number of hydrogen-bond donors (Lipinski definition) is 3. The normalized spacial score (nSPS) is 10.6. The highest BCUT2D eigenvalue weighted by molar-refractivity contribution is 6.30. The molecule has 0 aliphatic carbocycles. The molecule has 3 N–H and O–H groups in total. The molecule has 3 nitrogen and oxygen atoms in total. The van der Waals surface area contributed by atoms with Crippen LogP contribution < -0.4 is 5.32 Å². The Morgan fingerprint density at radius 3 is 2.42 bits per heavy atom. The molecule has 2 aromatic rings. The van der Waals surface area contributed by atoms with E-state index in [1.807, 2.05) is 24.3 Å². The summed E-state index contributed by atoms with van der Waals surface area (Å²) in [5.74, 6) is 0.182. The predicted octanol–water partition coefficient (Wildman–Crippen LogP) is 3.08. The fraction of sp³-hybridized carbons (Fsp3) is 0.200. The predicted molar refractivity (Wildman–Crippen MR) is 76.6 cm³/mol. The Morgan fingerprint density at radius 2 is 1.74 bits per heavy atom. The van der Waals surface area contributed by atoms with E-state index >= 15 is 0 Å². The Kier molecular flexibility index (Phi) is 4.66. The summed E-state index contributed by atoms with van der Waals surface area (Å²) < 4.78 is 0. The largest absolute Gasteiger partial charge is 0.508 e. The first-order chi connectivity index (χ1) is 9.15. The highest BCUT2D eigenvalue weighted by Gasteiger charge is 2.01. The quantitative estimate of drug-likeness (QED) is 0.736. The Balaban J connectivity index is 1.79. The third kappa shape index (κ3) is 4.16. The maximum atomic E-state index is 9.62. The fourth-order valence-corrected chi connectivity index (χ4v) is 1.93. The monoisotopic (exact) mass is 277 g/mol. The van der Waals surface area contributed by atoms with Crippen LogP contribution >= 0.6 is 11.6 Å². The van der Waals surface area contributed by atoms with Crippen molar-refractivity contribution >= 4 is 11.6 Å². The van der Waals surface area contributed by atoms with Gasteiger partial charge in [0.1, 0.15) is 11.5 Å². The maximum absolute atomic E-state index is 9.62. The Morgan fingerprint density at radius 1 is 1.00 bits per heavy atom. The van der Waals surface area contributed by atoms with Crippen LogP contribution in [0, 0.1) is 0 Å². The average molecular weight is 278 g/mol. The lowest BCUT2D eigenvalue weighted by atomic mass is 10.1. The van der Waals surface area contributed by atoms with Gasteiger partial charge in [-0.2, -0.15) is 0 Å². The summed E-state index contributed by atoms with van der Waals surface area (Å²) in [6.07, 6.45) is 0.899. The highest BCUT2D eigenvalue weighted by atomic mass is 35.5.